The second-order valence-electron chi connectivity index (χ2n) is 9.68. The Labute approximate surface area is 240 Å². The first-order chi connectivity index (χ1) is 18.4. The van der Waals surface area contributed by atoms with E-state index in [1.165, 1.54) is 23.1 Å². The van der Waals surface area contributed by atoms with Gasteiger partial charge < -0.3 is 10.2 Å². The highest BCUT2D eigenvalue weighted by atomic mass is 35.5. The van der Waals surface area contributed by atoms with Gasteiger partial charge in [-0.3, -0.25) is 13.9 Å². The Balaban J connectivity index is 2.08. The fraction of sp³-hybridized carbons (Fsp3) is 0.310. The molecule has 0 radical (unpaired) electrons. The van der Waals surface area contributed by atoms with Gasteiger partial charge in [0.2, 0.25) is 21.8 Å². The minimum Gasteiger partial charge on any atom is -0.352 e. The monoisotopic (exact) mass is 589 g/mol. The Morgan fingerprint density at radius 2 is 1.59 bits per heavy atom. The maximum atomic E-state index is 14.1. The fourth-order valence-electron chi connectivity index (χ4n) is 4.18. The molecule has 3 aromatic rings. The normalized spacial score (nSPS) is 12.2. The average Bonchev–Trinajstić information content (AvgIpc) is 2.85. The predicted molar refractivity (Wildman–Crippen MR) is 158 cm³/mol. The third kappa shape index (κ3) is 8.46. The lowest BCUT2D eigenvalue weighted by molar-refractivity contribution is -0.140. The third-order valence-electron chi connectivity index (χ3n) is 6.16. The number of nitrogens with one attached hydrogen (secondary N) is 1. The second-order valence-corrected chi connectivity index (χ2v) is 12.4. The van der Waals surface area contributed by atoms with E-state index in [1.807, 2.05) is 75.4 Å². The maximum absolute atomic E-state index is 14.1. The highest BCUT2D eigenvalue weighted by Gasteiger charge is 2.34. The van der Waals surface area contributed by atoms with Gasteiger partial charge in [0, 0.05) is 24.0 Å². The molecule has 1 atom stereocenters. The van der Waals surface area contributed by atoms with Gasteiger partial charge in [0.05, 0.1) is 17.0 Å². The number of aryl methyl sites for hydroxylation is 1. The molecule has 0 fully saturated rings. The molecule has 0 aliphatic rings. The van der Waals surface area contributed by atoms with Gasteiger partial charge in [-0.25, -0.2) is 8.42 Å². The van der Waals surface area contributed by atoms with E-state index in [4.69, 9.17) is 23.2 Å². The lowest BCUT2D eigenvalue weighted by Crippen LogP contribution is -2.54. The van der Waals surface area contributed by atoms with Gasteiger partial charge >= 0.3 is 0 Å². The van der Waals surface area contributed by atoms with E-state index in [2.05, 4.69) is 5.32 Å². The zero-order chi connectivity index (χ0) is 28.7. The summed E-state index contributed by atoms with van der Waals surface area (Å²) in [5, 5.41) is 3.35. The van der Waals surface area contributed by atoms with E-state index in [1.54, 1.807) is 0 Å². The van der Waals surface area contributed by atoms with Crippen LogP contribution in [-0.4, -0.2) is 50.0 Å². The highest BCUT2D eigenvalue weighted by molar-refractivity contribution is 7.92. The summed E-state index contributed by atoms with van der Waals surface area (Å²) in [6.07, 6.45) is 1.25. The minimum absolute atomic E-state index is 0.0876. The SMILES string of the molecule is Cc1ccccc1CN(C(=O)CN(c1ccc(Cl)cc1Cl)S(C)(=O)=O)[C@@H](Cc1ccccc1)C(=O)NC(C)C. The minimum atomic E-state index is -3.93. The lowest BCUT2D eigenvalue weighted by Gasteiger charge is -2.34. The number of anilines is 1. The molecule has 0 unspecified atom stereocenters. The van der Waals surface area contributed by atoms with Crippen LogP contribution in [0.25, 0.3) is 0 Å². The molecule has 2 amide bonds. The van der Waals surface area contributed by atoms with Crippen LogP contribution in [0.15, 0.2) is 72.8 Å². The van der Waals surface area contributed by atoms with Gasteiger partial charge in [-0.15, -0.1) is 0 Å². The molecule has 0 aromatic heterocycles. The average molecular weight is 591 g/mol. The number of hydrogen-bond acceptors (Lipinski definition) is 4. The molecule has 39 heavy (non-hydrogen) atoms. The summed E-state index contributed by atoms with van der Waals surface area (Å²) < 4.78 is 26.7. The van der Waals surface area contributed by atoms with Crippen molar-refractivity contribution in [2.75, 3.05) is 17.1 Å². The standard InChI is InChI=1S/C29H33Cl2N3O4S/c1-20(2)32-29(36)27(16-22-11-6-5-7-12-22)33(18-23-13-9-8-10-21(23)3)28(35)19-34(39(4,37)38)26-15-14-24(30)17-25(26)31/h5-15,17,20,27H,16,18-19H2,1-4H3,(H,32,36)/t27-/m0/s1. The van der Waals surface area contributed by atoms with Crippen molar-refractivity contribution in [2.24, 2.45) is 0 Å². The predicted octanol–water partition coefficient (Wildman–Crippen LogP) is 5.23. The molecule has 0 spiro atoms. The Hall–Kier alpha value is -3.07. The summed E-state index contributed by atoms with van der Waals surface area (Å²) in [5.74, 6) is -0.874. The van der Waals surface area contributed by atoms with Crippen molar-refractivity contribution in [3.05, 3.63) is 99.5 Å². The summed E-state index contributed by atoms with van der Waals surface area (Å²) in [6.45, 7) is 5.18. The zero-order valence-corrected chi connectivity index (χ0v) is 24.7. The number of carbonyl (C=O) groups is 2. The Morgan fingerprint density at radius 3 is 2.18 bits per heavy atom. The van der Waals surface area contributed by atoms with Crippen LogP contribution < -0.4 is 9.62 Å². The second kappa shape index (κ2) is 13.3. The first kappa shape index (κ1) is 30.5. The lowest BCUT2D eigenvalue weighted by atomic mass is 10.0. The van der Waals surface area contributed by atoms with Crippen molar-refractivity contribution in [3.8, 4) is 0 Å². The highest BCUT2D eigenvalue weighted by Crippen LogP contribution is 2.30. The smallest absolute Gasteiger partial charge is 0.244 e. The molecule has 0 aliphatic carbocycles. The number of rotatable bonds is 11. The van der Waals surface area contributed by atoms with Gasteiger partial charge in [-0.2, -0.15) is 0 Å². The molecule has 208 valence electrons. The van der Waals surface area contributed by atoms with Crippen molar-refractivity contribution < 1.29 is 18.0 Å². The number of benzene rings is 3. The van der Waals surface area contributed by atoms with E-state index in [-0.39, 0.29) is 35.6 Å². The van der Waals surface area contributed by atoms with Crippen LogP contribution in [0.1, 0.15) is 30.5 Å². The summed E-state index contributed by atoms with van der Waals surface area (Å²) in [5.41, 5.74) is 2.78. The number of carbonyl (C=O) groups excluding carboxylic acids is 2. The zero-order valence-electron chi connectivity index (χ0n) is 22.4. The molecule has 0 saturated carbocycles. The van der Waals surface area contributed by atoms with E-state index in [0.717, 1.165) is 27.3 Å². The molecule has 0 bridgehead atoms. The van der Waals surface area contributed by atoms with Crippen molar-refractivity contribution >= 4 is 50.7 Å². The fourth-order valence-corrected chi connectivity index (χ4v) is 5.61. The van der Waals surface area contributed by atoms with Crippen molar-refractivity contribution in [2.45, 2.75) is 45.8 Å². The van der Waals surface area contributed by atoms with Gasteiger partial charge in [-0.05, 0) is 55.7 Å². The van der Waals surface area contributed by atoms with Crippen LogP contribution in [0.2, 0.25) is 10.0 Å². The van der Waals surface area contributed by atoms with E-state index < -0.39 is 28.5 Å². The van der Waals surface area contributed by atoms with Crippen LogP contribution in [0.3, 0.4) is 0 Å². The van der Waals surface area contributed by atoms with Gasteiger partial charge in [0.1, 0.15) is 12.6 Å². The molecular weight excluding hydrogens is 557 g/mol. The third-order valence-corrected chi connectivity index (χ3v) is 7.83. The molecule has 10 heteroatoms. The van der Waals surface area contributed by atoms with E-state index in [9.17, 15) is 18.0 Å². The molecular formula is C29H33Cl2N3O4S. The Kier molecular flexibility index (Phi) is 10.4. The molecule has 0 aliphatic heterocycles. The number of halogens is 2. The summed E-state index contributed by atoms with van der Waals surface area (Å²) in [6, 6.07) is 20.3. The van der Waals surface area contributed by atoms with Crippen LogP contribution in [0.5, 0.6) is 0 Å². The summed E-state index contributed by atoms with van der Waals surface area (Å²) in [7, 11) is -3.93. The van der Waals surface area contributed by atoms with Gasteiger partial charge in [0.15, 0.2) is 0 Å². The Bertz CT molecular complexity index is 1420. The Morgan fingerprint density at radius 1 is 0.949 bits per heavy atom. The number of nitrogens with zero attached hydrogens (tertiary/aromatic N) is 2. The maximum Gasteiger partial charge on any atom is 0.244 e. The molecule has 3 aromatic carbocycles. The van der Waals surface area contributed by atoms with Gasteiger partial charge in [0.25, 0.3) is 0 Å². The molecule has 0 saturated heterocycles. The van der Waals surface area contributed by atoms with E-state index >= 15 is 0 Å². The quantitative estimate of drug-likeness (QED) is 0.331. The van der Waals surface area contributed by atoms with Crippen LogP contribution >= 0.6 is 23.2 Å². The van der Waals surface area contributed by atoms with Crippen LogP contribution in [0.4, 0.5) is 5.69 Å². The van der Waals surface area contributed by atoms with Crippen molar-refractivity contribution in [1.82, 2.24) is 10.2 Å². The first-order valence-electron chi connectivity index (χ1n) is 12.5. The molecule has 3 rings (SSSR count). The van der Waals surface area contributed by atoms with Gasteiger partial charge in [-0.1, -0.05) is 77.8 Å². The number of amides is 2. The van der Waals surface area contributed by atoms with Crippen LogP contribution in [0, 0.1) is 6.92 Å². The van der Waals surface area contributed by atoms with Crippen molar-refractivity contribution in [3.63, 3.8) is 0 Å². The van der Waals surface area contributed by atoms with Crippen molar-refractivity contribution in [1.29, 1.82) is 0 Å². The number of sulfonamides is 1. The van der Waals surface area contributed by atoms with Crippen LogP contribution in [-0.2, 0) is 32.6 Å². The molecule has 7 nitrogen and oxygen atoms in total. The largest absolute Gasteiger partial charge is 0.352 e. The molecule has 1 N–H and O–H groups in total. The van der Waals surface area contributed by atoms with E-state index in [0.29, 0.717) is 5.02 Å². The number of hydrogen-bond donors (Lipinski definition) is 1. The first-order valence-corrected chi connectivity index (χ1v) is 15.1. The molecule has 0 heterocycles. The summed E-state index contributed by atoms with van der Waals surface area (Å²) in [4.78, 5) is 29.1. The summed E-state index contributed by atoms with van der Waals surface area (Å²) >= 11 is 12.4. The topological polar surface area (TPSA) is 86.8 Å².